The minimum atomic E-state index is -0.705. The lowest BCUT2D eigenvalue weighted by Gasteiger charge is -2.51. The first-order chi connectivity index (χ1) is 9.12. The number of carbonyl (C=O) groups is 1. The molecule has 3 aliphatic heterocycles. The molecule has 3 rings (SSSR count). The minimum Gasteiger partial charge on any atom is -0.480 e. The molecule has 0 aromatic carbocycles. The summed E-state index contributed by atoms with van der Waals surface area (Å²) < 4.78 is 0. The molecule has 110 valence electrons. The molecule has 1 atom stereocenters. The van der Waals surface area contributed by atoms with E-state index < -0.39 is 11.5 Å². The molecule has 1 unspecified atom stereocenters. The first kappa shape index (κ1) is 14.8. The fourth-order valence-electron chi connectivity index (χ4n) is 3.56. The molecule has 2 N–H and O–H groups in total. The van der Waals surface area contributed by atoms with Gasteiger partial charge in [0, 0.05) is 19.6 Å². The van der Waals surface area contributed by atoms with E-state index in [9.17, 15) is 9.90 Å². The van der Waals surface area contributed by atoms with Gasteiger partial charge in [0.2, 0.25) is 0 Å². The molecule has 3 saturated heterocycles. The zero-order chi connectivity index (χ0) is 13.9. The van der Waals surface area contributed by atoms with Gasteiger partial charge in [-0.15, -0.1) is 0 Å². The molecular weight excluding hydrogens is 242 g/mol. The molecule has 3 fully saturated rings. The van der Waals surface area contributed by atoms with E-state index in [1.807, 2.05) is 0 Å². The van der Waals surface area contributed by atoms with Crippen LogP contribution < -0.4 is 5.32 Å². The third-order valence-corrected chi connectivity index (χ3v) is 4.90. The van der Waals surface area contributed by atoms with E-state index in [0.717, 1.165) is 52.1 Å². The molecule has 0 spiro atoms. The van der Waals surface area contributed by atoms with Crippen molar-refractivity contribution in [3.8, 4) is 0 Å². The number of nitrogens with zero attached hydrogens (tertiary/aromatic N) is 2. The highest BCUT2D eigenvalue weighted by atomic mass is 16.4. The van der Waals surface area contributed by atoms with Crippen LogP contribution in [0, 0.1) is 5.92 Å². The second-order valence-corrected chi connectivity index (χ2v) is 5.78. The maximum atomic E-state index is 11.8. The highest BCUT2D eigenvalue weighted by Gasteiger charge is 2.51. The fourth-order valence-corrected chi connectivity index (χ4v) is 3.56. The average molecular weight is 269 g/mol. The summed E-state index contributed by atoms with van der Waals surface area (Å²) in [5, 5.41) is 13.1. The Morgan fingerprint density at radius 1 is 1.37 bits per heavy atom. The van der Waals surface area contributed by atoms with Gasteiger partial charge in [0.05, 0.1) is 0 Å². The lowest BCUT2D eigenvalue weighted by atomic mass is 9.72. The van der Waals surface area contributed by atoms with Gasteiger partial charge in [0.25, 0.3) is 0 Å². The summed E-state index contributed by atoms with van der Waals surface area (Å²) in [6.45, 7) is 10.8. The number of rotatable bonds is 7. The average Bonchev–Trinajstić information content (AvgIpc) is 2.44. The van der Waals surface area contributed by atoms with Crippen LogP contribution in [0.3, 0.4) is 0 Å². The number of carboxylic acid groups (broad SMARTS) is 1. The Morgan fingerprint density at radius 2 is 2.00 bits per heavy atom. The van der Waals surface area contributed by atoms with Gasteiger partial charge in [-0.1, -0.05) is 13.8 Å². The number of fused-ring (bicyclic) bond motifs is 3. The second kappa shape index (κ2) is 6.20. The molecule has 2 bridgehead atoms. The normalized spacial score (nSPS) is 33.8. The Hall–Kier alpha value is -0.650. The SMILES string of the molecule is CCN(CC)CCNC1(C(=O)O)CN2CCC1CC2. The van der Waals surface area contributed by atoms with Crippen LogP contribution in [0.4, 0.5) is 0 Å². The number of piperidine rings is 3. The Morgan fingerprint density at radius 3 is 2.42 bits per heavy atom. The number of nitrogens with one attached hydrogen (secondary N) is 1. The first-order valence-corrected chi connectivity index (χ1v) is 7.55. The maximum absolute atomic E-state index is 11.8. The summed E-state index contributed by atoms with van der Waals surface area (Å²) in [5.74, 6) is -0.367. The van der Waals surface area contributed by atoms with Crippen molar-refractivity contribution in [2.45, 2.75) is 32.2 Å². The van der Waals surface area contributed by atoms with E-state index in [4.69, 9.17) is 0 Å². The summed E-state index contributed by atoms with van der Waals surface area (Å²) in [4.78, 5) is 16.4. The molecule has 0 amide bonds. The van der Waals surface area contributed by atoms with Gasteiger partial charge >= 0.3 is 5.97 Å². The molecule has 3 heterocycles. The second-order valence-electron chi connectivity index (χ2n) is 5.78. The van der Waals surface area contributed by atoms with Gasteiger partial charge in [-0.05, 0) is 44.9 Å². The van der Waals surface area contributed by atoms with Crippen LogP contribution in [0.15, 0.2) is 0 Å². The molecular formula is C14H27N3O2. The van der Waals surface area contributed by atoms with Crippen molar-refractivity contribution in [2.75, 3.05) is 45.8 Å². The monoisotopic (exact) mass is 269 g/mol. The summed E-state index contributed by atoms with van der Waals surface area (Å²) in [6.07, 6.45) is 2.04. The Bertz CT molecular complexity index is 312. The molecule has 19 heavy (non-hydrogen) atoms. The van der Waals surface area contributed by atoms with E-state index in [1.165, 1.54) is 0 Å². The van der Waals surface area contributed by atoms with Crippen LogP contribution in [0.1, 0.15) is 26.7 Å². The quantitative estimate of drug-likeness (QED) is 0.703. The van der Waals surface area contributed by atoms with E-state index in [2.05, 4.69) is 29.0 Å². The van der Waals surface area contributed by atoms with E-state index in [1.54, 1.807) is 0 Å². The summed E-state index contributed by atoms with van der Waals surface area (Å²) in [5.41, 5.74) is -0.705. The Kier molecular flexibility index (Phi) is 4.81. The zero-order valence-corrected chi connectivity index (χ0v) is 12.2. The number of carboxylic acids is 1. The lowest BCUT2D eigenvalue weighted by Crippen LogP contribution is -2.70. The first-order valence-electron chi connectivity index (χ1n) is 7.55. The zero-order valence-electron chi connectivity index (χ0n) is 12.2. The van der Waals surface area contributed by atoms with Crippen LogP contribution >= 0.6 is 0 Å². The summed E-state index contributed by atoms with van der Waals surface area (Å²) in [6, 6.07) is 0. The van der Waals surface area contributed by atoms with Crippen molar-refractivity contribution in [3.63, 3.8) is 0 Å². The predicted octanol–water partition coefficient (Wildman–Crippen LogP) is 0.467. The van der Waals surface area contributed by atoms with Crippen LogP contribution in [-0.2, 0) is 4.79 Å². The minimum absolute atomic E-state index is 0.298. The number of likely N-dealkylation sites (N-methyl/N-ethyl adjacent to an activating group) is 1. The van der Waals surface area contributed by atoms with Gasteiger partial charge < -0.3 is 14.9 Å². The summed E-state index contributed by atoms with van der Waals surface area (Å²) >= 11 is 0. The van der Waals surface area contributed by atoms with Crippen molar-refractivity contribution in [2.24, 2.45) is 5.92 Å². The van der Waals surface area contributed by atoms with Crippen molar-refractivity contribution >= 4 is 5.97 Å². The maximum Gasteiger partial charge on any atom is 0.325 e. The number of hydrogen-bond donors (Lipinski definition) is 2. The molecule has 3 aliphatic rings. The largest absolute Gasteiger partial charge is 0.480 e. The molecule has 0 saturated carbocycles. The van der Waals surface area contributed by atoms with Crippen LogP contribution in [0.5, 0.6) is 0 Å². The van der Waals surface area contributed by atoms with Crippen LogP contribution in [-0.4, -0.2) is 72.2 Å². The van der Waals surface area contributed by atoms with Crippen molar-refractivity contribution in [1.82, 2.24) is 15.1 Å². The van der Waals surface area contributed by atoms with Crippen LogP contribution in [0.25, 0.3) is 0 Å². The molecule has 5 heteroatoms. The topological polar surface area (TPSA) is 55.8 Å². The highest BCUT2D eigenvalue weighted by molar-refractivity contribution is 5.80. The third kappa shape index (κ3) is 2.93. The smallest absolute Gasteiger partial charge is 0.325 e. The van der Waals surface area contributed by atoms with Gasteiger partial charge in [-0.2, -0.15) is 0 Å². The molecule has 0 aliphatic carbocycles. The van der Waals surface area contributed by atoms with Crippen molar-refractivity contribution in [1.29, 1.82) is 0 Å². The van der Waals surface area contributed by atoms with E-state index in [0.29, 0.717) is 12.5 Å². The lowest BCUT2D eigenvalue weighted by molar-refractivity contribution is -0.154. The van der Waals surface area contributed by atoms with Crippen molar-refractivity contribution < 1.29 is 9.90 Å². The highest BCUT2D eigenvalue weighted by Crippen LogP contribution is 2.35. The molecule has 5 nitrogen and oxygen atoms in total. The van der Waals surface area contributed by atoms with Crippen LogP contribution in [0.2, 0.25) is 0 Å². The number of hydrogen-bond acceptors (Lipinski definition) is 4. The third-order valence-electron chi connectivity index (χ3n) is 4.90. The van der Waals surface area contributed by atoms with E-state index >= 15 is 0 Å². The van der Waals surface area contributed by atoms with Gasteiger partial charge in [0.15, 0.2) is 0 Å². The van der Waals surface area contributed by atoms with Gasteiger partial charge in [0.1, 0.15) is 5.54 Å². The molecule has 0 aromatic rings. The Balaban J connectivity index is 1.95. The van der Waals surface area contributed by atoms with Gasteiger partial charge in [-0.3, -0.25) is 10.1 Å². The van der Waals surface area contributed by atoms with Gasteiger partial charge in [-0.25, -0.2) is 0 Å². The number of aliphatic carboxylic acids is 1. The van der Waals surface area contributed by atoms with Crippen molar-refractivity contribution in [3.05, 3.63) is 0 Å². The molecule has 0 aromatic heterocycles. The Labute approximate surface area is 115 Å². The summed E-state index contributed by atoms with van der Waals surface area (Å²) in [7, 11) is 0. The molecule has 0 radical (unpaired) electrons. The standard InChI is InChI=1S/C14H27N3O2/c1-3-16(4-2)10-7-15-14(13(18)19)11-17-8-5-12(14)6-9-17/h12,15H,3-11H2,1-2H3,(H,18,19). The van der Waals surface area contributed by atoms with E-state index in [-0.39, 0.29) is 0 Å². The predicted molar refractivity (Wildman–Crippen MR) is 75.3 cm³/mol. The fraction of sp³-hybridized carbons (Fsp3) is 0.929.